The van der Waals surface area contributed by atoms with Crippen molar-refractivity contribution in [3.05, 3.63) is 35.6 Å². The van der Waals surface area contributed by atoms with Gasteiger partial charge in [0.1, 0.15) is 5.82 Å². The number of carboxylic acids is 1. The average Bonchev–Trinajstić information content (AvgIpc) is 2.46. The number of carboxylic acid groups (broad SMARTS) is 1. The molecule has 0 saturated carbocycles. The molecule has 1 saturated heterocycles. The number of benzene rings is 1. The first-order valence-electron chi connectivity index (χ1n) is 7.79. The second-order valence-corrected chi connectivity index (χ2v) is 6.07. The number of rotatable bonds is 6. The fourth-order valence-electron chi connectivity index (χ4n) is 2.83. The number of carbonyl (C=O) groups excluding carboxylic acids is 1. The Hall–Kier alpha value is -1.95. The smallest absolute Gasteiger partial charge is 0.306 e. The third-order valence-corrected chi connectivity index (χ3v) is 3.89. The van der Waals surface area contributed by atoms with Gasteiger partial charge in [0.15, 0.2) is 0 Å². The SMILES string of the molecule is CC(CC(=O)N1CCOC(CC(=O)O)C1)Cc1cccc(F)c1. The number of ether oxygens (including phenoxy) is 1. The molecule has 2 rings (SSSR count). The summed E-state index contributed by atoms with van der Waals surface area (Å²) in [4.78, 5) is 24.8. The maximum Gasteiger partial charge on any atom is 0.306 e. The molecule has 1 aliphatic rings. The molecule has 1 aliphatic heterocycles. The normalized spacial score (nSPS) is 19.4. The Kier molecular flexibility index (Phi) is 6.10. The fraction of sp³-hybridized carbons (Fsp3) is 0.529. The average molecular weight is 323 g/mol. The van der Waals surface area contributed by atoms with Gasteiger partial charge in [0, 0.05) is 19.5 Å². The summed E-state index contributed by atoms with van der Waals surface area (Å²) in [5.74, 6) is -1.12. The molecule has 5 nitrogen and oxygen atoms in total. The van der Waals surface area contributed by atoms with E-state index in [-0.39, 0.29) is 24.1 Å². The van der Waals surface area contributed by atoms with Crippen LogP contribution in [-0.2, 0) is 20.7 Å². The molecule has 1 amide bonds. The van der Waals surface area contributed by atoms with E-state index in [0.29, 0.717) is 32.5 Å². The molecule has 0 spiro atoms. The topological polar surface area (TPSA) is 66.8 Å². The monoisotopic (exact) mass is 323 g/mol. The first kappa shape index (κ1) is 17.4. The summed E-state index contributed by atoms with van der Waals surface area (Å²) in [6.45, 7) is 3.12. The van der Waals surface area contributed by atoms with Gasteiger partial charge in [-0.2, -0.15) is 0 Å². The fourth-order valence-corrected chi connectivity index (χ4v) is 2.83. The standard InChI is InChI=1S/C17H22FNO4/c1-12(7-13-3-2-4-14(18)9-13)8-16(20)19-5-6-23-15(11-19)10-17(21)22/h2-4,9,12,15H,5-8,10-11H2,1H3,(H,21,22). The number of hydrogen-bond donors (Lipinski definition) is 1. The maximum atomic E-state index is 13.2. The van der Waals surface area contributed by atoms with E-state index in [4.69, 9.17) is 9.84 Å². The van der Waals surface area contributed by atoms with Crippen LogP contribution in [0.4, 0.5) is 4.39 Å². The van der Waals surface area contributed by atoms with E-state index in [0.717, 1.165) is 5.56 Å². The maximum absolute atomic E-state index is 13.2. The molecule has 6 heteroatoms. The minimum atomic E-state index is -0.927. The van der Waals surface area contributed by atoms with E-state index in [1.165, 1.54) is 12.1 Å². The predicted octanol–water partition coefficient (Wildman–Crippen LogP) is 2.10. The van der Waals surface area contributed by atoms with Gasteiger partial charge in [0.25, 0.3) is 0 Å². The third-order valence-electron chi connectivity index (χ3n) is 3.89. The zero-order valence-electron chi connectivity index (χ0n) is 13.2. The molecule has 0 radical (unpaired) electrons. The van der Waals surface area contributed by atoms with Gasteiger partial charge in [0.2, 0.25) is 5.91 Å². The van der Waals surface area contributed by atoms with Crippen molar-refractivity contribution in [3.8, 4) is 0 Å². The van der Waals surface area contributed by atoms with E-state index in [1.54, 1.807) is 11.0 Å². The van der Waals surface area contributed by atoms with Crippen LogP contribution in [0.1, 0.15) is 25.3 Å². The first-order chi connectivity index (χ1) is 10.9. The van der Waals surface area contributed by atoms with Gasteiger partial charge >= 0.3 is 5.97 Å². The molecule has 1 aromatic rings. The molecule has 1 aromatic carbocycles. The van der Waals surface area contributed by atoms with Crippen molar-refractivity contribution < 1.29 is 23.8 Å². The molecule has 1 fully saturated rings. The van der Waals surface area contributed by atoms with E-state index in [9.17, 15) is 14.0 Å². The molecule has 0 bridgehead atoms. The van der Waals surface area contributed by atoms with Gasteiger partial charge in [-0.1, -0.05) is 19.1 Å². The van der Waals surface area contributed by atoms with Crippen LogP contribution < -0.4 is 0 Å². The van der Waals surface area contributed by atoms with Crippen LogP contribution in [0.3, 0.4) is 0 Å². The molecule has 0 aromatic heterocycles. The minimum absolute atomic E-state index is 0.00686. The molecule has 2 atom stereocenters. The number of aliphatic carboxylic acids is 1. The van der Waals surface area contributed by atoms with Gasteiger partial charge < -0.3 is 14.7 Å². The van der Waals surface area contributed by atoms with Crippen LogP contribution in [0.15, 0.2) is 24.3 Å². The van der Waals surface area contributed by atoms with E-state index in [1.807, 2.05) is 13.0 Å². The summed E-state index contributed by atoms with van der Waals surface area (Å²) < 4.78 is 18.5. The van der Waals surface area contributed by atoms with Crippen LogP contribution in [0.5, 0.6) is 0 Å². The largest absolute Gasteiger partial charge is 0.481 e. The van der Waals surface area contributed by atoms with Crippen molar-refractivity contribution in [2.75, 3.05) is 19.7 Å². The van der Waals surface area contributed by atoms with Crippen molar-refractivity contribution in [2.24, 2.45) is 5.92 Å². The summed E-state index contributed by atoms with van der Waals surface area (Å²) in [5, 5.41) is 8.81. The first-order valence-corrected chi connectivity index (χ1v) is 7.79. The molecule has 2 unspecified atom stereocenters. The lowest BCUT2D eigenvalue weighted by Crippen LogP contribution is -2.46. The van der Waals surface area contributed by atoms with Gasteiger partial charge in [-0.25, -0.2) is 4.39 Å². The number of amides is 1. The van der Waals surface area contributed by atoms with Crippen molar-refractivity contribution >= 4 is 11.9 Å². The van der Waals surface area contributed by atoms with Gasteiger partial charge in [-0.05, 0) is 30.0 Å². The van der Waals surface area contributed by atoms with Crippen LogP contribution in [0.25, 0.3) is 0 Å². The van der Waals surface area contributed by atoms with E-state index in [2.05, 4.69) is 0 Å². The van der Waals surface area contributed by atoms with Crippen LogP contribution >= 0.6 is 0 Å². The van der Waals surface area contributed by atoms with E-state index >= 15 is 0 Å². The Balaban J connectivity index is 1.84. The zero-order chi connectivity index (χ0) is 16.8. The number of carbonyl (C=O) groups is 2. The second kappa shape index (κ2) is 8.06. The van der Waals surface area contributed by atoms with Crippen LogP contribution in [0, 0.1) is 11.7 Å². The van der Waals surface area contributed by atoms with E-state index < -0.39 is 12.1 Å². The molecular weight excluding hydrogens is 301 g/mol. The minimum Gasteiger partial charge on any atom is -0.481 e. The third kappa shape index (κ3) is 5.63. The summed E-state index contributed by atoms with van der Waals surface area (Å²) >= 11 is 0. The quantitative estimate of drug-likeness (QED) is 0.870. The Bertz CT molecular complexity index is 563. The zero-order valence-corrected chi connectivity index (χ0v) is 13.2. The van der Waals surface area contributed by atoms with Crippen LogP contribution in [-0.4, -0.2) is 47.7 Å². The van der Waals surface area contributed by atoms with Crippen molar-refractivity contribution in [1.29, 1.82) is 0 Å². The van der Waals surface area contributed by atoms with Crippen molar-refractivity contribution in [2.45, 2.75) is 32.3 Å². The molecule has 1 N–H and O–H groups in total. The second-order valence-electron chi connectivity index (χ2n) is 6.07. The highest BCUT2D eigenvalue weighted by Gasteiger charge is 2.26. The van der Waals surface area contributed by atoms with Gasteiger partial charge in [-0.3, -0.25) is 9.59 Å². The summed E-state index contributed by atoms with van der Waals surface area (Å²) in [6, 6.07) is 6.40. The molecular formula is C17H22FNO4. The number of halogens is 1. The Morgan fingerprint density at radius 1 is 1.48 bits per heavy atom. The lowest BCUT2D eigenvalue weighted by molar-refractivity contribution is -0.148. The van der Waals surface area contributed by atoms with Crippen LogP contribution in [0.2, 0.25) is 0 Å². The predicted molar refractivity (Wildman–Crippen MR) is 82.5 cm³/mol. The van der Waals surface area contributed by atoms with Crippen molar-refractivity contribution in [1.82, 2.24) is 4.90 Å². The molecule has 126 valence electrons. The number of nitrogens with zero attached hydrogens (tertiary/aromatic N) is 1. The summed E-state index contributed by atoms with van der Waals surface area (Å²) in [6.07, 6.45) is 0.453. The summed E-state index contributed by atoms with van der Waals surface area (Å²) in [7, 11) is 0. The van der Waals surface area contributed by atoms with Gasteiger partial charge in [0.05, 0.1) is 19.1 Å². The Morgan fingerprint density at radius 3 is 2.96 bits per heavy atom. The Morgan fingerprint density at radius 2 is 2.26 bits per heavy atom. The highest BCUT2D eigenvalue weighted by atomic mass is 19.1. The highest BCUT2D eigenvalue weighted by molar-refractivity contribution is 5.76. The summed E-state index contributed by atoms with van der Waals surface area (Å²) in [5.41, 5.74) is 0.871. The molecule has 23 heavy (non-hydrogen) atoms. The highest BCUT2D eigenvalue weighted by Crippen LogP contribution is 2.16. The lowest BCUT2D eigenvalue weighted by atomic mass is 9.97. The Labute approximate surface area is 135 Å². The lowest BCUT2D eigenvalue weighted by Gasteiger charge is -2.33. The molecule has 0 aliphatic carbocycles. The molecule has 1 heterocycles. The van der Waals surface area contributed by atoms with Crippen molar-refractivity contribution in [3.63, 3.8) is 0 Å². The van der Waals surface area contributed by atoms with Gasteiger partial charge in [-0.15, -0.1) is 0 Å². The number of morpholine rings is 1. The number of hydrogen-bond acceptors (Lipinski definition) is 3.